The van der Waals surface area contributed by atoms with E-state index in [1.54, 1.807) is 25.2 Å². The van der Waals surface area contributed by atoms with Crippen LogP contribution >= 0.6 is 0 Å². The predicted molar refractivity (Wildman–Crippen MR) is 53.2 cm³/mol. The smallest absolute Gasteiger partial charge is 0.326 e. The maximum absolute atomic E-state index is 11.2. The Kier molecular flexibility index (Phi) is 2.01. The summed E-state index contributed by atoms with van der Waals surface area (Å²) in [4.78, 5) is 14.0. The number of nitrogens with one attached hydrogen (secondary N) is 1. The van der Waals surface area contributed by atoms with E-state index < -0.39 is 0 Å². The Balaban J connectivity index is 2.63. The highest BCUT2D eigenvalue weighted by atomic mass is 16.5. The molecule has 0 radical (unpaired) electrons. The van der Waals surface area contributed by atoms with E-state index in [1.165, 1.54) is 4.57 Å². The number of benzene rings is 1. The van der Waals surface area contributed by atoms with E-state index in [9.17, 15) is 4.79 Å². The number of nitrogens with zero attached hydrogens (tertiary/aromatic N) is 1. The average Bonchev–Trinajstić information content (AvgIpc) is 2.45. The van der Waals surface area contributed by atoms with Crippen molar-refractivity contribution in [1.29, 1.82) is 0 Å². The highest BCUT2D eigenvalue weighted by Gasteiger charge is 2.03. The second-order valence-corrected chi connectivity index (χ2v) is 2.98. The lowest BCUT2D eigenvalue weighted by molar-refractivity contribution is 0.330. The fourth-order valence-corrected chi connectivity index (χ4v) is 1.39. The van der Waals surface area contributed by atoms with Crippen LogP contribution in [0.2, 0.25) is 0 Å². The van der Waals surface area contributed by atoms with Crippen LogP contribution in [0.4, 0.5) is 0 Å². The van der Waals surface area contributed by atoms with E-state index >= 15 is 0 Å². The van der Waals surface area contributed by atoms with E-state index in [1.807, 2.05) is 0 Å². The van der Waals surface area contributed by atoms with Gasteiger partial charge < -0.3 is 9.72 Å². The number of ether oxygens (including phenoxy) is 1. The summed E-state index contributed by atoms with van der Waals surface area (Å²) < 4.78 is 6.65. The molecule has 0 bridgehead atoms. The second kappa shape index (κ2) is 3.19. The van der Waals surface area contributed by atoms with Gasteiger partial charge in [0.15, 0.2) is 0 Å². The van der Waals surface area contributed by atoms with E-state index in [-0.39, 0.29) is 12.4 Å². The van der Waals surface area contributed by atoms with Crippen LogP contribution in [0.25, 0.3) is 11.0 Å². The van der Waals surface area contributed by atoms with Gasteiger partial charge in [0.25, 0.3) is 0 Å². The van der Waals surface area contributed by atoms with Crippen molar-refractivity contribution in [3.05, 3.63) is 28.7 Å². The normalized spacial score (nSPS) is 10.7. The number of hydrogen-bond acceptors (Lipinski definition) is 3. The van der Waals surface area contributed by atoms with Gasteiger partial charge in [-0.15, -0.1) is 0 Å². The van der Waals surface area contributed by atoms with Gasteiger partial charge in [-0.05, 0) is 12.1 Å². The largest absolute Gasteiger partial charge is 0.479 e. The van der Waals surface area contributed by atoms with Crippen molar-refractivity contribution in [2.75, 3.05) is 6.73 Å². The SMILES string of the molecule is Cn1c(=O)[nH]c2ccc(OCN)cc21. The lowest BCUT2D eigenvalue weighted by Crippen LogP contribution is -2.11. The van der Waals surface area contributed by atoms with Gasteiger partial charge in [-0.1, -0.05) is 0 Å². The van der Waals surface area contributed by atoms with Crippen LogP contribution in [-0.4, -0.2) is 16.3 Å². The van der Waals surface area contributed by atoms with Crippen LogP contribution in [0.15, 0.2) is 23.0 Å². The highest BCUT2D eigenvalue weighted by Crippen LogP contribution is 2.17. The molecule has 74 valence electrons. The third kappa shape index (κ3) is 1.27. The lowest BCUT2D eigenvalue weighted by Gasteiger charge is -2.02. The Labute approximate surface area is 80.1 Å². The number of nitrogens with two attached hydrogens (primary N) is 1. The molecule has 2 rings (SSSR count). The molecule has 14 heavy (non-hydrogen) atoms. The maximum Gasteiger partial charge on any atom is 0.326 e. The van der Waals surface area contributed by atoms with Gasteiger partial charge >= 0.3 is 5.69 Å². The topological polar surface area (TPSA) is 73.0 Å². The Morgan fingerprint density at radius 2 is 2.36 bits per heavy atom. The van der Waals surface area contributed by atoms with Crippen LogP contribution in [-0.2, 0) is 7.05 Å². The number of aryl methyl sites for hydroxylation is 1. The first-order chi connectivity index (χ1) is 6.72. The standard InChI is InChI=1S/C9H11N3O2/c1-12-8-4-6(14-5-10)2-3-7(8)11-9(12)13/h2-4H,5,10H2,1H3,(H,11,13). The summed E-state index contributed by atoms with van der Waals surface area (Å²) in [7, 11) is 1.70. The minimum Gasteiger partial charge on any atom is -0.479 e. The van der Waals surface area contributed by atoms with Gasteiger partial charge in [-0.3, -0.25) is 10.3 Å². The van der Waals surface area contributed by atoms with Gasteiger partial charge in [0.05, 0.1) is 11.0 Å². The zero-order chi connectivity index (χ0) is 10.1. The molecule has 1 aromatic heterocycles. The molecule has 5 nitrogen and oxygen atoms in total. The maximum atomic E-state index is 11.2. The predicted octanol–water partition coefficient (Wildman–Crippen LogP) is 0.162. The first-order valence-corrected chi connectivity index (χ1v) is 4.24. The lowest BCUT2D eigenvalue weighted by atomic mass is 10.3. The number of hydrogen-bond donors (Lipinski definition) is 2. The molecule has 5 heteroatoms. The summed E-state index contributed by atoms with van der Waals surface area (Å²) in [5.74, 6) is 0.662. The van der Waals surface area contributed by atoms with Gasteiger partial charge in [-0.25, -0.2) is 4.79 Å². The number of fused-ring (bicyclic) bond motifs is 1. The monoisotopic (exact) mass is 193 g/mol. The number of H-pyrrole nitrogens is 1. The van der Waals surface area contributed by atoms with E-state index in [0.717, 1.165) is 11.0 Å². The Morgan fingerprint density at radius 1 is 1.57 bits per heavy atom. The number of rotatable bonds is 2. The van der Waals surface area contributed by atoms with Gasteiger partial charge in [-0.2, -0.15) is 0 Å². The van der Waals surface area contributed by atoms with E-state index in [4.69, 9.17) is 10.5 Å². The third-order valence-electron chi connectivity index (χ3n) is 2.13. The van der Waals surface area contributed by atoms with Crippen LogP contribution in [0.3, 0.4) is 0 Å². The van der Waals surface area contributed by atoms with Crippen LogP contribution in [0, 0.1) is 0 Å². The van der Waals surface area contributed by atoms with Gasteiger partial charge in [0.2, 0.25) is 0 Å². The Bertz CT molecular complexity index is 512. The van der Waals surface area contributed by atoms with Crippen molar-refractivity contribution in [3.8, 4) is 5.75 Å². The average molecular weight is 193 g/mol. The minimum absolute atomic E-state index is 0.129. The fraction of sp³-hybridized carbons (Fsp3) is 0.222. The number of imidazole rings is 1. The molecule has 2 aromatic rings. The van der Waals surface area contributed by atoms with E-state index in [0.29, 0.717) is 5.75 Å². The molecule has 0 saturated carbocycles. The van der Waals surface area contributed by atoms with Crippen molar-refractivity contribution < 1.29 is 4.74 Å². The molecular weight excluding hydrogens is 182 g/mol. The van der Waals surface area contributed by atoms with Crippen molar-refractivity contribution in [3.63, 3.8) is 0 Å². The first kappa shape index (κ1) is 8.83. The van der Waals surface area contributed by atoms with Crippen LogP contribution < -0.4 is 16.2 Å². The summed E-state index contributed by atoms with van der Waals surface area (Å²) in [6.45, 7) is 0.129. The molecule has 0 spiro atoms. The van der Waals surface area contributed by atoms with Crippen LogP contribution in [0.5, 0.6) is 5.75 Å². The summed E-state index contributed by atoms with van der Waals surface area (Å²) in [5.41, 5.74) is 6.71. The van der Waals surface area contributed by atoms with Crippen molar-refractivity contribution in [2.24, 2.45) is 12.8 Å². The molecule has 1 aromatic carbocycles. The van der Waals surface area contributed by atoms with E-state index in [2.05, 4.69) is 4.98 Å². The molecule has 0 unspecified atom stereocenters. The minimum atomic E-state index is -0.134. The molecule has 0 aliphatic carbocycles. The molecule has 0 fully saturated rings. The molecule has 0 aliphatic heterocycles. The zero-order valence-corrected chi connectivity index (χ0v) is 7.78. The van der Waals surface area contributed by atoms with Crippen molar-refractivity contribution in [2.45, 2.75) is 0 Å². The molecule has 0 amide bonds. The number of aromatic amines is 1. The van der Waals surface area contributed by atoms with Crippen molar-refractivity contribution >= 4 is 11.0 Å². The molecular formula is C9H11N3O2. The summed E-state index contributed by atoms with van der Waals surface area (Å²) >= 11 is 0. The second-order valence-electron chi connectivity index (χ2n) is 2.98. The summed E-state index contributed by atoms with van der Waals surface area (Å²) in [5, 5.41) is 0. The molecule has 1 heterocycles. The van der Waals surface area contributed by atoms with Gasteiger partial charge in [0, 0.05) is 13.1 Å². The highest BCUT2D eigenvalue weighted by molar-refractivity contribution is 5.76. The third-order valence-corrected chi connectivity index (χ3v) is 2.13. The number of aromatic nitrogens is 2. The Morgan fingerprint density at radius 3 is 3.07 bits per heavy atom. The summed E-state index contributed by atoms with van der Waals surface area (Å²) in [6, 6.07) is 5.34. The quantitative estimate of drug-likeness (QED) is 0.667. The molecule has 0 aliphatic rings. The first-order valence-electron chi connectivity index (χ1n) is 4.24. The molecule has 0 saturated heterocycles. The summed E-state index contributed by atoms with van der Waals surface area (Å²) in [6.07, 6.45) is 0. The fourth-order valence-electron chi connectivity index (χ4n) is 1.39. The molecule has 0 atom stereocenters. The van der Waals surface area contributed by atoms with Gasteiger partial charge in [0.1, 0.15) is 12.5 Å². The van der Waals surface area contributed by atoms with Crippen molar-refractivity contribution in [1.82, 2.24) is 9.55 Å². The Hall–Kier alpha value is -1.75. The zero-order valence-electron chi connectivity index (χ0n) is 7.78. The van der Waals surface area contributed by atoms with Crippen LogP contribution in [0.1, 0.15) is 0 Å². The molecule has 3 N–H and O–H groups in total.